The number of hydrogen-bond donors (Lipinski definition) is 3. The van der Waals surface area contributed by atoms with Crippen LogP contribution in [0.2, 0.25) is 5.02 Å². The molecule has 28 heavy (non-hydrogen) atoms. The molecule has 1 atom stereocenters. The highest BCUT2D eigenvalue weighted by molar-refractivity contribution is 7.89. The van der Waals surface area contributed by atoms with Gasteiger partial charge in [0.2, 0.25) is 10.0 Å². The number of unbranched alkanes of at least 4 members (excludes halogenated alkanes) is 1. The molecule has 0 aliphatic carbocycles. The molecule has 0 saturated carbocycles. The number of aryl methyl sites for hydroxylation is 1. The van der Waals surface area contributed by atoms with E-state index in [2.05, 4.69) is 15.4 Å². The van der Waals surface area contributed by atoms with Gasteiger partial charge in [-0.2, -0.15) is 0 Å². The lowest BCUT2D eigenvalue weighted by atomic mass is 10.1. The zero-order chi connectivity index (χ0) is 20.1. The van der Waals surface area contributed by atoms with Crippen LogP contribution < -0.4 is 15.4 Å². The topological polar surface area (TPSA) is 104 Å². The number of halogens is 1. The van der Waals surface area contributed by atoms with Gasteiger partial charge < -0.3 is 5.32 Å². The molecule has 1 fully saturated rings. The maximum atomic E-state index is 12.7. The van der Waals surface area contributed by atoms with E-state index in [1.54, 1.807) is 0 Å². The number of nitrogens with one attached hydrogen (secondary N) is 3. The Hall–Kier alpha value is -2.42. The Kier molecular flexibility index (Phi) is 6.33. The molecular weight excluding hydrogens is 402 g/mol. The maximum absolute atomic E-state index is 12.7. The van der Waals surface area contributed by atoms with Gasteiger partial charge in [-0.3, -0.25) is 10.1 Å². The van der Waals surface area contributed by atoms with Gasteiger partial charge in [-0.25, -0.2) is 17.9 Å². The molecule has 148 valence electrons. The molecule has 1 aliphatic heterocycles. The Morgan fingerprint density at radius 3 is 2.46 bits per heavy atom. The third kappa shape index (κ3) is 4.89. The highest BCUT2D eigenvalue weighted by Gasteiger charge is 2.35. The number of carbonyl (C=O) groups excluding carboxylic acids is 2. The third-order valence-electron chi connectivity index (χ3n) is 4.37. The normalized spacial score (nSPS) is 16.7. The van der Waals surface area contributed by atoms with Crippen LogP contribution in [0, 0.1) is 0 Å². The van der Waals surface area contributed by atoms with Gasteiger partial charge >= 0.3 is 6.03 Å². The summed E-state index contributed by atoms with van der Waals surface area (Å²) in [7, 11) is -3.87. The molecule has 0 spiro atoms. The van der Waals surface area contributed by atoms with E-state index >= 15 is 0 Å². The van der Waals surface area contributed by atoms with Crippen LogP contribution in [0.4, 0.5) is 4.79 Å². The standard InChI is InChI=1S/C19H20ClN3O4S/c20-14-9-10-16(15(12-14)17-18(24)23-19(25)22-17)28(26,27)21-11-5-4-8-13-6-2-1-3-7-13/h1-3,6-7,9-10,12,17,21H,4-5,8,11H2,(H2,22,23,24,25). The van der Waals surface area contributed by atoms with Crippen LogP contribution in [-0.4, -0.2) is 26.9 Å². The van der Waals surface area contributed by atoms with Gasteiger partial charge in [0.15, 0.2) is 0 Å². The molecule has 1 aliphatic rings. The molecule has 1 unspecified atom stereocenters. The largest absolute Gasteiger partial charge is 0.322 e. The minimum Gasteiger partial charge on any atom is -0.322 e. The van der Waals surface area contributed by atoms with Crippen molar-refractivity contribution in [3.8, 4) is 0 Å². The van der Waals surface area contributed by atoms with E-state index in [1.807, 2.05) is 30.3 Å². The summed E-state index contributed by atoms with van der Waals surface area (Å²) in [6.45, 7) is 0.264. The fraction of sp³-hybridized carbons (Fsp3) is 0.263. The first-order chi connectivity index (χ1) is 13.4. The zero-order valence-electron chi connectivity index (χ0n) is 14.9. The predicted molar refractivity (Wildman–Crippen MR) is 105 cm³/mol. The number of hydrogen-bond acceptors (Lipinski definition) is 4. The van der Waals surface area contributed by atoms with Crippen LogP contribution in [-0.2, 0) is 21.2 Å². The predicted octanol–water partition coefficient (Wildman–Crippen LogP) is 2.52. The van der Waals surface area contributed by atoms with Gasteiger partial charge in [-0.1, -0.05) is 41.9 Å². The van der Waals surface area contributed by atoms with Crippen molar-refractivity contribution in [1.82, 2.24) is 15.4 Å². The van der Waals surface area contributed by atoms with Gasteiger partial charge in [0.25, 0.3) is 5.91 Å². The van der Waals surface area contributed by atoms with E-state index in [0.29, 0.717) is 6.42 Å². The minimum absolute atomic E-state index is 0.0812. The monoisotopic (exact) mass is 421 g/mol. The lowest BCUT2D eigenvalue weighted by molar-refractivity contribution is -0.120. The molecule has 2 aromatic carbocycles. The van der Waals surface area contributed by atoms with Crippen LogP contribution >= 0.6 is 11.6 Å². The number of amides is 3. The van der Waals surface area contributed by atoms with Gasteiger partial charge in [0, 0.05) is 17.1 Å². The van der Waals surface area contributed by atoms with Crippen molar-refractivity contribution in [1.29, 1.82) is 0 Å². The molecule has 1 heterocycles. The molecule has 3 N–H and O–H groups in total. The van der Waals surface area contributed by atoms with E-state index in [9.17, 15) is 18.0 Å². The van der Waals surface area contributed by atoms with Crippen molar-refractivity contribution in [2.75, 3.05) is 6.54 Å². The van der Waals surface area contributed by atoms with Crippen LogP contribution in [0.1, 0.15) is 30.0 Å². The fourth-order valence-electron chi connectivity index (χ4n) is 3.01. The van der Waals surface area contributed by atoms with Crippen molar-refractivity contribution < 1.29 is 18.0 Å². The van der Waals surface area contributed by atoms with Gasteiger partial charge in [0.1, 0.15) is 6.04 Å². The molecule has 0 bridgehead atoms. The summed E-state index contributed by atoms with van der Waals surface area (Å²) in [5.41, 5.74) is 1.33. The summed E-state index contributed by atoms with van der Waals surface area (Å²) >= 11 is 5.97. The first-order valence-electron chi connectivity index (χ1n) is 8.81. The smallest absolute Gasteiger partial charge is 0.322 e. The first-order valence-corrected chi connectivity index (χ1v) is 10.7. The highest BCUT2D eigenvalue weighted by atomic mass is 35.5. The summed E-state index contributed by atoms with van der Waals surface area (Å²) in [6, 6.07) is 12.3. The Morgan fingerprint density at radius 2 is 1.79 bits per heavy atom. The second-order valence-electron chi connectivity index (χ2n) is 6.42. The molecule has 0 aromatic heterocycles. The number of urea groups is 1. The lowest BCUT2D eigenvalue weighted by Gasteiger charge is -2.15. The number of benzene rings is 2. The van der Waals surface area contributed by atoms with E-state index in [1.165, 1.54) is 23.8 Å². The third-order valence-corrected chi connectivity index (χ3v) is 6.14. The van der Waals surface area contributed by atoms with Crippen molar-refractivity contribution in [3.63, 3.8) is 0 Å². The fourth-order valence-corrected chi connectivity index (χ4v) is 4.49. The Bertz CT molecular complexity index is 980. The average molecular weight is 422 g/mol. The second kappa shape index (κ2) is 8.72. The lowest BCUT2D eigenvalue weighted by Crippen LogP contribution is -2.29. The molecule has 2 aromatic rings. The van der Waals surface area contributed by atoms with Crippen LogP contribution in [0.15, 0.2) is 53.4 Å². The van der Waals surface area contributed by atoms with E-state index in [0.717, 1.165) is 12.8 Å². The van der Waals surface area contributed by atoms with Crippen molar-refractivity contribution in [2.45, 2.75) is 30.2 Å². The SMILES string of the molecule is O=C1NC(=O)C(c2cc(Cl)ccc2S(=O)(=O)NCCCCc2ccccc2)N1. The molecule has 0 radical (unpaired) electrons. The van der Waals surface area contributed by atoms with E-state index < -0.39 is 28.0 Å². The van der Waals surface area contributed by atoms with Crippen LogP contribution in [0.3, 0.4) is 0 Å². The summed E-state index contributed by atoms with van der Waals surface area (Å²) in [4.78, 5) is 23.3. The van der Waals surface area contributed by atoms with E-state index in [-0.39, 0.29) is 22.0 Å². The zero-order valence-corrected chi connectivity index (χ0v) is 16.5. The molecule has 9 heteroatoms. The highest BCUT2D eigenvalue weighted by Crippen LogP contribution is 2.27. The van der Waals surface area contributed by atoms with Crippen molar-refractivity contribution >= 4 is 33.6 Å². The van der Waals surface area contributed by atoms with Crippen molar-refractivity contribution in [3.05, 3.63) is 64.7 Å². The van der Waals surface area contributed by atoms with E-state index in [4.69, 9.17) is 11.6 Å². The van der Waals surface area contributed by atoms with Gasteiger partial charge in [0.05, 0.1) is 4.90 Å². The van der Waals surface area contributed by atoms with Crippen LogP contribution in [0.5, 0.6) is 0 Å². The maximum Gasteiger partial charge on any atom is 0.322 e. The molecule has 3 rings (SSSR count). The van der Waals surface area contributed by atoms with Crippen LogP contribution in [0.25, 0.3) is 0 Å². The Labute approximate surface area is 168 Å². The Balaban J connectivity index is 1.66. The number of carbonyl (C=O) groups is 2. The molecule has 3 amide bonds. The number of sulfonamides is 1. The number of imide groups is 1. The molecular formula is C19H20ClN3O4S. The Morgan fingerprint density at radius 1 is 1.04 bits per heavy atom. The molecule has 1 saturated heterocycles. The molecule has 7 nitrogen and oxygen atoms in total. The summed E-state index contributed by atoms with van der Waals surface area (Å²) in [5.74, 6) is -0.619. The van der Waals surface area contributed by atoms with Crippen molar-refractivity contribution in [2.24, 2.45) is 0 Å². The summed E-state index contributed by atoms with van der Waals surface area (Å²) in [5, 5.41) is 4.76. The minimum atomic E-state index is -3.87. The summed E-state index contributed by atoms with van der Waals surface area (Å²) in [6.07, 6.45) is 2.36. The average Bonchev–Trinajstić information content (AvgIpc) is 3.00. The number of rotatable bonds is 8. The first kappa shape index (κ1) is 20.3. The second-order valence-corrected chi connectivity index (χ2v) is 8.59. The van der Waals surface area contributed by atoms with Gasteiger partial charge in [-0.05, 0) is 43.0 Å². The summed E-state index contributed by atoms with van der Waals surface area (Å²) < 4.78 is 28.0. The quantitative estimate of drug-likeness (QED) is 0.450. The van der Waals surface area contributed by atoms with Gasteiger partial charge in [-0.15, -0.1) is 0 Å².